The van der Waals surface area contributed by atoms with Gasteiger partial charge in [0.1, 0.15) is 6.26 Å². The van der Waals surface area contributed by atoms with E-state index < -0.39 is 0 Å². The minimum Gasteiger partial charge on any atom is -0.449 e. The number of hydrogen-bond acceptors (Lipinski definition) is 5. The molecule has 18 heavy (non-hydrogen) atoms. The smallest absolute Gasteiger partial charge is 0.197 e. The molecule has 0 atom stereocenters. The predicted octanol–water partition coefficient (Wildman–Crippen LogP) is 1.18. The zero-order valence-electron chi connectivity index (χ0n) is 10.5. The molecule has 0 N–H and O–H groups in total. The molecule has 2 aromatic rings. The third-order valence-corrected chi connectivity index (χ3v) is 3.42. The zero-order chi connectivity index (χ0) is 12.4. The second-order valence-corrected chi connectivity index (χ2v) is 4.80. The van der Waals surface area contributed by atoms with Crippen LogP contribution in [0.3, 0.4) is 0 Å². The molecule has 3 rings (SSSR count). The van der Waals surface area contributed by atoms with Crippen molar-refractivity contribution in [1.82, 2.24) is 24.9 Å². The lowest BCUT2D eigenvalue weighted by Gasteiger charge is -2.29. The van der Waals surface area contributed by atoms with Gasteiger partial charge < -0.3 is 4.42 Å². The molecule has 0 aliphatic carbocycles. The topological polar surface area (TPSA) is 60.0 Å². The maximum atomic E-state index is 5.37. The summed E-state index contributed by atoms with van der Waals surface area (Å²) < 4.78 is 7.12. The van der Waals surface area contributed by atoms with Gasteiger partial charge in [0.05, 0.1) is 11.9 Å². The lowest BCUT2D eigenvalue weighted by atomic mass is 9.97. The summed E-state index contributed by atoms with van der Waals surface area (Å²) in [7, 11) is 1.89. The van der Waals surface area contributed by atoms with Gasteiger partial charge in [-0.3, -0.25) is 9.58 Å². The summed E-state index contributed by atoms with van der Waals surface area (Å²) in [6, 6.07) is 0. The Hall–Kier alpha value is -1.69. The van der Waals surface area contributed by atoms with Gasteiger partial charge in [-0.05, 0) is 25.9 Å². The number of piperidine rings is 1. The van der Waals surface area contributed by atoms with Crippen LogP contribution in [0.5, 0.6) is 0 Å². The number of nitrogens with zero attached hydrogens (tertiary/aromatic N) is 5. The van der Waals surface area contributed by atoms with E-state index in [2.05, 4.69) is 20.2 Å². The number of hydrogen-bond donors (Lipinski definition) is 0. The standard InChI is InChI=1S/C12H17N5O/c1-16-8-11(14-15-16)9-17-5-2-10(3-6-17)12-13-4-7-18-12/h4,7-8,10H,2-3,5-6,9H2,1H3. The lowest BCUT2D eigenvalue weighted by Crippen LogP contribution is -2.32. The van der Waals surface area contributed by atoms with Gasteiger partial charge in [-0.2, -0.15) is 0 Å². The number of aryl methyl sites for hydroxylation is 1. The Kier molecular flexibility index (Phi) is 3.10. The fraction of sp³-hybridized carbons (Fsp3) is 0.583. The molecule has 0 aromatic carbocycles. The zero-order valence-corrected chi connectivity index (χ0v) is 10.5. The fourth-order valence-electron chi connectivity index (χ4n) is 2.47. The van der Waals surface area contributed by atoms with Crippen LogP contribution >= 0.6 is 0 Å². The van der Waals surface area contributed by atoms with Crippen molar-refractivity contribution in [2.24, 2.45) is 7.05 Å². The van der Waals surface area contributed by atoms with E-state index in [1.54, 1.807) is 17.1 Å². The molecule has 6 nitrogen and oxygen atoms in total. The van der Waals surface area contributed by atoms with Gasteiger partial charge in [-0.25, -0.2) is 4.98 Å². The molecule has 1 aliphatic heterocycles. The van der Waals surface area contributed by atoms with Crippen molar-refractivity contribution < 1.29 is 4.42 Å². The van der Waals surface area contributed by atoms with E-state index in [-0.39, 0.29) is 0 Å². The summed E-state index contributed by atoms with van der Waals surface area (Å²) in [6.45, 7) is 3.00. The summed E-state index contributed by atoms with van der Waals surface area (Å²) in [5, 5.41) is 8.07. The van der Waals surface area contributed by atoms with Crippen LogP contribution in [0, 0.1) is 0 Å². The summed E-state index contributed by atoms with van der Waals surface area (Å²) in [4.78, 5) is 6.65. The van der Waals surface area contributed by atoms with Crippen LogP contribution in [0.15, 0.2) is 23.1 Å². The maximum absolute atomic E-state index is 5.37. The molecule has 1 saturated heterocycles. The molecular weight excluding hydrogens is 230 g/mol. The number of likely N-dealkylation sites (tertiary alicyclic amines) is 1. The van der Waals surface area contributed by atoms with E-state index >= 15 is 0 Å². The van der Waals surface area contributed by atoms with Crippen LogP contribution in [-0.4, -0.2) is 38.0 Å². The van der Waals surface area contributed by atoms with E-state index in [4.69, 9.17) is 4.42 Å². The highest BCUT2D eigenvalue weighted by atomic mass is 16.3. The van der Waals surface area contributed by atoms with Crippen molar-refractivity contribution in [3.8, 4) is 0 Å². The summed E-state index contributed by atoms with van der Waals surface area (Å²) >= 11 is 0. The van der Waals surface area contributed by atoms with Gasteiger partial charge in [0.15, 0.2) is 5.89 Å². The van der Waals surface area contributed by atoms with Gasteiger partial charge in [0.2, 0.25) is 0 Å². The molecule has 0 bridgehead atoms. The second-order valence-electron chi connectivity index (χ2n) is 4.80. The minimum absolute atomic E-state index is 0.470. The van der Waals surface area contributed by atoms with Crippen molar-refractivity contribution in [3.05, 3.63) is 30.2 Å². The third-order valence-electron chi connectivity index (χ3n) is 3.42. The van der Waals surface area contributed by atoms with Crippen LogP contribution < -0.4 is 0 Å². The van der Waals surface area contributed by atoms with Gasteiger partial charge >= 0.3 is 0 Å². The monoisotopic (exact) mass is 247 g/mol. The van der Waals surface area contributed by atoms with Crippen LogP contribution in [0.25, 0.3) is 0 Å². The van der Waals surface area contributed by atoms with Gasteiger partial charge in [0, 0.05) is 25.7 Å². The first kappa shape index (κ1) is 11.4. The number of oxazole rings is 1. The van der Waals surface area contributed by atoms with Gasteiger partial charge in [-0.1, -0.05) is 5.21 Å². The van der Waals surface area contributed by atoms with Crippen molar-refractivity contribution >= 4 is 0 Å². The van der Waals surface area contributed by atoms with Crippen molar-refractivity contribution in [2.45, 2.75) is 25.3 Å². The van der Waals surface area contributed by atoms with Crippen LogP contribution in [-0.2, 0) is 13.6 Å². The summed E-state index contributed by atoms with van der Waals surface area (Å²) in [5.74, 6) is 1.35. The average molecular weight is 247 g/mol. The van der Waals surface area contributed by atoms with Crippen LogP contribution in [0.4, 0.5) is 0 Å². The molecule has 0 unspecified atom stereocenters. The molecule has 1 fully saturated rings. The lowest BCUT2D eigenvalue weighted by molar-refractivity contribution is 0.191. The molecule has 2 aromatic heterocycles. The van der Waals surface area contributed by atoms with E-state index in [1.807, 2.05) is 13.2 Å². The maximum Gasteiger partial charge on any atom is 0.197 e. The van der Waals surface area contributed by atoms with Crippen molar-refractivity contribution in [3.63, 3.8) is 0 Å². The molecule has 0 radical (unpaired) electrons. The van der Waals surface area contributed by atoms with Crippen LogP contribution in [0.1, 0.15) is 30.3 Å². The molecule has 0 saturated carbocycles. The Morgan fingerprint density at radius 2 is 2.22 bits per heavy atom. The molecule has 3 heterocycles. The van der Waals surface area contributed by atoms with Crippen molar-refractivity contribution in [2.75, 3.05) is 13.1 Å². The molecule has 96 valence electrons. The first-order chi connectivity index (χ1) is 8.81. The average Bonchev–Trinajstić information content (AvgIpc) is 3.02. The molecule has 6 heteroatoms. The Labute approximate surface area is 106 Å². The summed E-state index contributed by atoms with van der Waals surface area (Å²) in [6.07, 6.45) is 7.55. The number of aromatic nitrogens is 4. The highest BCUT2D eigenvalue weighted by molar-refractivity contribution is 4.97. The Morgan fingerprint density at radius 3 is 2.83 bits per heavy atom. The molecule has 0 amide bonds. The molecule has 1 aliphatic rings. The van der Waals surface area contributed by atoms with E-state index in [0.717, 1.165) is 44.1 Å². The molecule has 0 spiro atoms. The quantitative estimate of drug-likeness (QED) is 0.815. The Morgan fingerprint density at radius 1 is 1.39 bits per heavy atom. The summed E-state index contributed by atoms with van der Waals surface area (Å²) in [5.41, 5.74) is 1.03. The SMILES string of the molecule is Cn1cc(CN2CCC(c3ncco3)CC2)nn1. The highest BCUT2D eigenvalue weighted by Crippen LogP contribution is 2.27. The Bertz CT molecular complexity index is 484. The van der Waals surface area contributed by atoms with Crippen molar-refractivity contribution in [1.29, 1.82) is 0 Å². The number of rotatable bonds is 3. The minimum atomic E-state index is 0.470. The molecular formula is C12H17N5O. The normalized spacial score (nSPS) is 18.3. The van der Waals surface area contributed by atoms with Gasteiger partial charge in [0.25, 0.3) is 0 Å². The fourth-order valence-corrected chi connectivity index (χ4v) is 2.47. The van der Waals surface area contributed by atoms with Gasteiger partial charge in [-0.15, -0.1) is 5.10 Å². The first-order valence-electron chi connectivity index (χ1n) is 6.28. The van der Waals surface area contributed by atoms with E-state index in [9.17, 15) is 0 Å². The Balaban J connectivity index is 1.54. The highest BCUT2D eigenvalue weighted by Gasteiger charge is 2.23. The van der Waals surface area contributed by atoms with E-state index in [1.165, 1.54) is 0 Å². The van der Waals surface area contributed by atoms with E-state index in [0.29, 0.717) is 5.92 Å². The third kappa shape index (κ3) is 2.43. The largest absolute Gasteiger partial charge is 0.449 e. The predicted molar refractivity (Wildman–Crippen MR) is 64.8 cm³/mol. The van der Waals surface area contributed by atoms with Crippen LogP contribution in [0.2, 0.25) is 0 Å². The first-order valence-corrected chi connectivity index (χ1v) is 6.28. The second kappa shape index (κ2) is 4.89.